The highest BCUT2D eigenvalue weighted by atomic mass is 35.5. The maximum absolute atomic E-state index is 11.8. The second-order valence-corrected chi connectivity index (χ2v) is 12.1. The molecular formula is C23H37ClN2O3Si. The minimum Gasteiger partial charge on any atom is -0.465 e. The molecule has 1 aliphatic heterocycles. The Morgan fingerprint density at radius 1 is 1.23 bits per heavy atom. The molecule has 1 aliphatic rings. The number of hydrogen-bond donors (Lipinski definition) is 1. The molecule has 1 aromatic carbocycles. The van der Waals surface area contributed by atoms with E-state index in [1.165, 1.54) is 7.11 Å². The summed E-state index contributed by atoms with van der Waals surface area (Å²) in [7, 11) is 0.197. The molecule has 0 saturated carbocycles. The van der Waals surface area contributed by atoms with E-state index in [4.69, 9.17) is 20.8 Å². The maximum atomic E-state index is 11.8. The molecule has 168 valence electrons. The van der Waals surface area contributed by atoms with Gasteiger partial charge in [0.25, 0.3) is 0 Å². The van der Waals surface area contributed by atoms with Crippen molar-refractivity contribution in [3.05, 3.63) is 46.2 Å². The summed E-state index contributed by atoms with van der Waals surface area (Å²) in [5.41, 5.74) is 2.27. The first-order valence-corrected chi connectivity index (χ1v) is 13.9. The minimum absolute atomic E-state index is 0.126. The van der Waals surface area contributed by atoms with Gasteiger partial charge < -0.3 is 19.4 Å². The van der Waals surface area contributed by atoms with Crippen molar-refractivity contribution < 1.29 is 14.0 Å². The number of methoxy groups -OCH3 is 1. The van der Waals surface area contributed by atoms with Crippen LogP contribution in [-0.2, 0) is 15.7 Å². The number of ether oxygens (including phenoxy) is 1. The number of halogens is 1. The highest BCUT2D eigenvalue weighted by molar-refractivity contribution is 6.48. The normalized spacial score (nSPS) is 19.4. The number of carbonyl (C=O) groups excluding carboxylic acids is 1. The molecular weight excluding hydrogens is 416 g/mol. The maximum Gasteiger partial charge on any atom is 0.337 e. The fourth-order valence-electron chi connectivity index (χ4n) is 3.83. The number of nitrogens with one attached hydrogen (secondary N) is 1. The third-order valence-corrected chi connectivity index (χ3v) is 6.47. The van der Waals surface area contributed by atoms with Crippen molar-refractivity contribution in [3.63, 3.8) is 0 Å². The lowest BCUT2D eigenvalue weighted by Crippen LogP contribution is -2.57. The summed E-state index contributed by atoms with van der Waals surface area (Å²) in [6.07, 6.45) is 3.13. The Morgan fingerprint density at radius 3 is 2.37 bits per heavy atom. The van der Waals surface area contributed by atoms with Gasteiger partial charge in [0, 0.05) is 12.0 Å². The van der Waals surface area contributed by atoms with E-state index in [1.54, 1.807) is 0 Å². The first-order chi connectivity index (χ1) is 14.0. The van der Waals surface area contributed by atoms with Gasteiger partial charge in [0.05, 0.1) is 25.0 Å². The zero-order valence-electron chi connectivity index (χ0n) is 19.5. The molecule has 1 unspecified atom stereocenters. The molecule has 30 heavy (non-hydrogen) atoms. The largest absolute Gasteiger partial charge is 0.465 e. The molecule has 1 heterocycles. The number of benzene rings is 1. The molecule has 7 heteroatoms. The van der Waals surface area contributed by atoms with Gasteiger partial charge >= 0.3 is 5.97 Å². The van der Waals surface area contributed by atoms with Gasteiger partial charge in [-0.05, 0) is 43.6 Å². The lowest BCUT2D eigenvalue weighted by molar-refractivity contribution is 0.0379. The van der Waals surface area contributed by atoms with Crippen LogP contribution in [0.1, 0.15) is 62.9 Å². The van der Waals surface area contributed by atoms with E-state index in [1.807, 2.05) is 24.3 Å². The Balaban J connectivity index is 2.42. The Kier molecular flexibility index (Phi) is 8.42. The number of rotatable bonds is 9. The first kappa shape index (κ1) is 24.8. The van der Waals surface area contributed by atoms with E-state index < -0.39 is 9.04 Å². The monoisotopic (exact) mass is 452 g/mol. The average molecular weight is 453 g/mol. The highest BCUT2D eigenvalue weighted by Gasteiger charge is 2.47. The predicted molar refractivity (Wildman–Crippen MR) is 126 cm³/mol. The smallest absolute Gasteiger partial charge is 0.337 e. The summed E-state index contributed by atoms with van der Waals surface area (Å²) in [4.78, 5) is 14.2. The summed E-state index contributed by atoms with van der Waals surface area (Å²) in [6.45, 7) is 14.4. The first-order valence-electron chi connectivity index (χ1n) is 10.8. The number of unbranched alkanes of at least 4 members (excludes halogenated alkanes) is 1. The Bertz CT molecular complexity index is 759. The second kappa shape index (κ2) is 10.2. The molecule has 0 aromatic heterocycles. The van der Waals surface area contributed by atoms with Crippen LogP contribution in [0.25, 0.3) is 0 Å². The van der Waals surface area contributed by atoms with Crippen molar-refractivity contribution in [1.82, 2.24) is 10.2 Å². The summed E-state index contributed by atoms with van der Waals surface area (Å²) >= 11 is 6.81. The second-order valence-electron chi connectivity index (χ2n) is 9.31. The van der Waals surface area contributed by atoms with Crippen LogP contribution < -0.4 is 5.32 Å². The third-order valence-electron chi connectivity index (χ3n) is 5.36. The van der Waals surface area contributed by atoms with E-state index in [2.05, 4.69) is 51.0 Å². The molecule has 2 rings (SSSR count). The quantitative estimate of drug-likeness (QED) is 0.316. The summed E-state index contributed by atoms with van der Waals surface area (Å²) in [6, 6.07) is 7.61. The predicted octanol–water partition coefficient (Wildman–Crippen LogP) is 5.22. The van der Waals surface area contributed by atoms with Gasteiger partial charge in [-0.15, -0.1) is 0 Å². The van der Waals surface area contributed by atoms with Crippen molar-refractivity contribution in [1.29, 1.82) is 0 Å². The molecule has 1 aromatic rings. The lowest BCUT2D eigenvalue weighted by atomic mass is 9.90. The van der Waals surface area contributed by atoms with Crippen LogP contribution in [0.3, 0.4) is 0 Å². The SMILES string of the molecule is CCCCC1(CO[SiH](C)C)NC(Cl)=C(C(C)(C)C)N1Cc1ccc(C(=O)OC)cc1. The van der Waals surface area contributed by atoms with Crippen LogP contribution >= 0.6 is 11.6 Å². The van der Waals surface area contributed by atoms with E-state index in [9.17, 15) is 4.79 Å². The number of carbonyl (C=O) groups is 1. The van der Waals surface area contributed by atoms with Gasteiger partial charge in [0.15, 0.2) is 9.04 Å². The number of allylic oxidation sites excluding steroid dienone is 1. The molecule has 0 aliphatic carbocycles. The van der Waals surface area contributed by atoms with Crippen molar-refractivity contribution in [2.75, 3.05) is 13.7 Å². The third kappa shape index (κ3) is 5.80. The van der Waals surface area contributed by atoms with Gasteiger partial charge in [-0.1, -0.05) is 57.8 Å². The van der Waals surface area contributed by atoms with Crippen molar-refractivity contribution >= 4 is 26.6 Å². The molecule has 0 bridgehead atoms. The molecule has 0 fully saturated rings. The van der Waals surface area contributed by atoms with E-state index in [0.29, 0.717) is 23.9 Å². The van der Waals surface area contributed by atoms with E-state index in [0.717, 1.165) is 30.5 Å². The van der Waals surface area contributed by atoms with Crippen LogP contribution in [0.15, 0.2) is 35.1 Å². The summed E-state index contributed by atoms with van der Waals surface area (Å²) < 4.78 is 11.1. The average Bonchev–Trinajstić information content (AvgIpc) is 2.96. The van der Waals surface area contributed by atoms with Crippen molar-refractivity contribution in [2.45, 2.75) is 72.3 Å². The Morgan fingerprint density at radius 2 is 1.87 bits per heavy atom. The van der Waals surface area contributed by atoms with Crippen molar-refractivity contribution in [3.8, 4) is 0 Å². The zero-order valence-corrected chi connectivity index (χ0v) is 21.4. The van der Waals surface area contributed by atoms with Crippen LogP contribution in [0.4, 0.5) is 0 Å². The lowest BCUT2D eigenvalue weighted by Gasteiger charge is -2.44. The van der Waals surface area contributed by atoms with Crippen molar-refractivity contribution in [2.24, 2.45) is 5.41 Å². The van der Waals surface area contributed by atoms with E-state index in [-0.39, 0.29) is 17.0 Å². The molecule has 0 radical (unpaired) electrons. The fraction of sp³-hybridized carbons (Fsp3) is 0.609. The molecule has 1 atom stereocenters. The summed E-state index contributed by atoms with van der Waals surface area (Å²) in [5, 5.41) is 4.32. The molecule has 0 saturated heterocycles. The standard InChI is InChI=1S/C23H37ClN2O3Si/c1-8-9-14-23(16-29-30(6)7)25-20(24)19(22(2,3)4)26(23)15-17-10-12-18(13-11-17)21(27)28-5/h10-13,25,30H,8-9,14-16H2,1-7H3. The van der Waals surface area contributed by atoms with Gasteiger partial charge in [0.1, 0.15) is 10.8 Å². The van der Waals surface area contributed by atoms with Crippen LogP contribution in [-0.4, -0.2) is 39.3 Å². The van der Waals surface area contributed by atoms with Crippen LogP contribution in [0, 0.1) is 5.41 Å². The van der Waals surface area contributed by atoms with E-state index >= 15 is 0 Å². The number of esters is 1. The van der Waals surface area contributed by atoms with Crippen LogP contribution in [0.5, 0.6) is 0 Å². The van der Waals surface area contributed by atoms with Gasteiger partial charge in [0.2, 0.25) is 0 Å². The number of hydrogen-bond acceptors (Lipinski definition) is 5. The summed E-state index contributed by atoms with van der Waals surface area (Å²) in [5.74, 6) is -0.324. The fourth-order valence-corrected chi connectivity index (χ4v) is 5.00. The van der Waals surface area contributed by atoms with Gasteiger partial charge in [-0.25, -0.2) is 4.79 Å². The van der Waals surface area contributed by atoms with Gasteiger partial charge in [-0.2, -0.15) is 0 Å². The molecule has 1 N–H and O–H groups in total. The molecule has 5 nitrogen and oxygen atoms in total. The topological polar surface area (TPSA) is 50.8 Å². The number of nitrogens with zero attached hydrogens (tertiary/aromatic N) is 1. The minimum atomic E-state index is -1.20. The molecule has 0 spiro atoms. The zero-order chi connectivity index (χ0) is 22.5. The Hall–Kier alpha value is -1.50. The highest BCUT2D eigenvalue weighted by Crippen LogP contribution is 2.43. The van der Waals surface area contributed by atoms with Gasteiger partial charge in [-0.3, -0.25) is 0 Å². The Labute approximate surface area is 188 Å². The van der Waals surface area contributed by atoms with Crippen LogP contribution in [0.2, 0.25) is 13.1 Å². The molecule has 0 amide bonds.